The van der Waals surface area contributed by atoms with Crippen LogP contribution in [0.15, 0.2) is 36.5 Å². The zero-order valence-electron chi connectivity index (χ0n) is 10.3. The van der Waals surface area contributed by atoms with E-state index in [4.69, 9.17) is 14.6 Å². The summed E-state index contributed by atoms with van der Waals surface area (Å²) >= 11 is 0. The molecule has 102 valence electrons. The highest BCUT2D eigenvalue weighted by Gasteiger charge is 2.26. The zero-order chi connectivity index (χ0) is 14.1. The van der Waals surface area contributed by atoms with Crippen LogP contribution in [-0.4, -0.2) is 28.0 Å². The standard InChI is InChI=1S/C14H11NO5/c16-12(8-4-2-6-15-11(8)14(17)18)9-3-1-5-10-13(9)20-7-19-10/h1-6,12,16H,7H2,(H,17,18). The second-order valence-electron chi connectivity index (χ2n) is 4.23. The topological polar surface area (TPSA) is 88.9 Å². The summed E-state index contributed by atoms with van der Waals surface area (Å²) in [6, 6.07) is 8.20. The Balaban J connectivity index is 2.08. The van der Waals surface area contributed by atoms with Gasteiger partial charge in [-0.05, 0) is 12.1 Å². The number of rotatable bonds is 3. The van der Waals surface area contributed by atoms with Gasteiger partial charge in [0.25, 0.3) is 0 Å². The van der Waals surface area contributed by atoms with Crippen molar-refractivity contribution in [2.75, 3.05) is 6.79 Å². The summed E-state index contributed by atoms with van der Waals surface area (Å²) in [6.07, 6.45) is 0.223. The van der Waals surface area contributed by atoms with Crippen LogP contribution in [-0.2, 0) is 0 Å². The molecule has 0 bridgehead atoms. The first-order valence-corrected chi connectivity index (χ1v) is 5.93. The van der Waals surface area contributed by atoms with E-state index >= 15 is 0 Å². The number of para-hydroxylation sites is 1. The molecule has 1 aliphatic rings. The molecule has 20 heavy (non-hydrogen) atoms. The first-order valence-electron chi connectivity index (χ1n) is 5.93. The molecule has 1 aliphatic heterocycles. The minimum absolute atomic E-state index is 0.0812. The van der Waals surface area contributed by atoms with Gasteiger partial charge in [-0.25, -0.2) is 9.78 Å². The second kappa shape index (κ2) is 4.82. The maximum absolute atomic E-state index is 11.2. The van der Waals surface area contributed by atoms with E-state index < -0.39 is 12.1 Å². The van der Waals surface area contributed by atoms with E-state index in [2.05, 4.69) is 4.98 Å². The fourth-order valence-corrected chi connectivity index (χ4v) is 2.15. The van der Waals surface area contributed by atoms with E-state index in [-0.39, 0.29) is 18.1 Å². The molecule has 0 saturated carbocycles. The number of nitrogens with zero attached hydrogens (tertiary/aromatic N) is 1. The van der Waals surface area contributed by atoms with Crippen LogP contribution in [0.3, 0.4) is 0 Å². The SMILES string of the molecule is O=C(O)c1ncccc1C(O)c1cccc2c1OCO2. The molecule has 1 unspecified atom stereocenters. The van der Waals surface area contributed by atoms with Gasteiger partial charge >= 0.3 is 5.97 Å². The number of fused-ring (bicyclic) bond motifs is 1. The van der Waals surface area contributed by atoms with Crippen molar-refractivity contribution in [2.45, 2.75) is 6.10 Å². The number of aliphatic hydroxyl groups excluding tert-OH is 1. The third kappa shape index (κ3) is 1.96. The van der Waals surface area contributed by atoms with E-state index in [9.17, 15) is 9.90 Å². The van der Waals surface area contributed by atoms with Gasteiger partial charge < -0.3 is 19.7 Å². The van der Waals surface area contributed by atoms with E-state index in [1.807, 2.05) is 0 Å². The molecule has 3 rings (SSSR count). The lowest BCUT2D eigenvalue weighted by Crippen LogP contribution is -2.10. The van der Waals surface area contributed by atoms with Crippen LogP contribution in [0.1, 0.15) is 27.7 Å². The third-order valence-corrected chi connectivity index (χ3v) is 3.06. The second-order valence-corrected chi connectivity index (χ2v) is 4.23. The molecule has 2 heterocycles. The molecule has 0 amide bonds. The highest BCUT2D eigenvalue weighted by Crippen LogP contribution is 2.40. The minimum atomic E-state index is -1.19. The first-order chi connectivity index (χ1) is 9.68. The summed E-state index contributed by atoms with van der Waals surface area (Å²) in [5.41, 5.74) is 0.482. The molecule has 1 aromatic carbocycles. The Morgan fingerprint density at radius 1 is 1.20 bits per heavy atom. The Bertz CT molecular complexity index is 670. The number of hydrogen-bond acceptors (Lipinski definition) is 5. The van der Waals surface area contributed by atoms with Gasteiger partial charge in [-0.15, -0.1) is 0 Å². The number of ether oxygens (including phenoxy) is 2. The van der Waals surface area contributed by atoms with Gasteiger partial charge in [-0.2, -0.15) is 0 Å². The fourth-order valence-electron chi connectivity index (χ4n) is 2.15. The monoisotopic (exact) mass is 273 g/mol. The van der Waals surface area contributed by atoms with Crippen LogP contribution < -0.4 is 9.47 Å². The molecule has 6 heteroatoms. The summed E-state index contributed by atoms with van der Waals surface area (Å²) in [5, 5.41) is 19.6. The molecule has 0 spiro atoms. The summed E-state index contributed by atoms with van der Waals surface area (Å²) in [7, 11) is 0. The van der Waals surface area contributed by atoms with E-state index in [0.717, 1.165) is 0 Å². The van der Waals surface area contributed by atoms with Crippen molar-refractivity contribution in [2.24, 2.45) is 0 Å². The normalized spacial score (nSPS) is 14.1. The van der Waals surface area contributed by atoms with Crippen molar-refractivity contribution in [3.8, 4) is 11.5 Å². The molecule has 0 fully saturated rings. The van der Waals surface area contributed by atoms with Gasteiger partial charge in [0.05, 0.1) is 0 Å². The average Bonchev–Trinajstić information content (AvgIpc) is 2.94. The summed E-state index contributed by atoms with van der Waals surface area (Å²) in [6.45, 7) is 0.0812. The predicted octanol–water partition coefficient (Wildman–Crippen LogP) is 1.59. The van der Waals surface area contributed by atoms with Crippen molar-refractivity contribution in [1.29, 1.82) is 0 Å². The lowest BCUT2D eigenvalue weighted by atomic mass is 9.99. The number of hydrogen-bond donors (Lipinski definition) is 2. The number of benzene rings is 1. The number of carboxylic acids is 1. The molecule has 2 aromatic rings. The van der Waals surface area contributed by atoms with Crippen LogP contribution in [0.25, 0.3) is 0 Å². The maximum atomic E-state index is 11.2. The van der Waals surface area contributed by atoms with E-state index in [1.165, 1.54) is 12.3 Å². The largest absolute Gasteiger partial charge is 0.477 e. The van der Waals surface area contributed by atoms with E-state index in [0.29, 0.717) is 17.1 Å². The van der Waals surface area contributed by atoms with Gasteiger partial charge in [0, 0.05) is 17.3 Å². The van der Waals surface area contributed by atoms with Crippen LogP contribution in [0.5, 0.6) is 11.5 Å². The molecule has 1 aromatic heterocycles. The Hall–Kier alpha value is -2.60. The Morgan fingerprint density at radius 2 is 2.00 bits per heavy atom. The first kappa shape index (κ1) is 12.4. The van der Waals surface area contributed by atoms with Gasteiger partial charge in [0.1, 0.15) is 6.10 Å². The Morgan fingerprint density at radius 3 is 2.80 bits per heavy atom. The van der Waals surface area contributed by atoms with Gasteiger partial charge in [0.2, 0.25) is 6.79 Å². The minimum Gasteiger partial charge on any atom is -0.477 e. The van der Waals surface area contributed by atoms with E-state index in [1.54, 1.807) is 24.3 Å². The number of pyridine rings is 1. The number of aromatic carboxylic acids is 1. The van der Waals surface area contributed by atoms with Crippen molar-refractivity contribution in [3.63, 3.8) is 0 Å². The molecule has 0 aliphatic carbocycles. The van der Waals surface area contributed by atoms with Gasteiger partial charge in [0.15, 0.2) is 17.2 Å². The maximum Gasteiger partial charge on any atom is 0.354 e. The number of aromatic nitrogens is 1. The van der Waals surface area contributed by atoms with Gasteiger partial charge in [-0.1, -0.05) is 18.2 Å². The van der Waals surface area contributed by atoms with Crippen LogP contribution in [0.4, 0.5) is 0 Å². The van der Waals surface area contributed by atoms with Crippen LogP contribution in [0, 0.1) is 0 Å². The molecule has 1 atom stereocenters. The number of carbonyl (C=O) groups is 1. The highest BCUT2D eigenvalue weighted by atomic mass is 16.7. The highest BCUT2D eigenvalue weighted by molar-refractivity contribution is 5.87. The lowest BCUT2D eigenvalue weighted by Gasteiger charge is -2.15. The molecular weight excluding hydrogens is 262 g/mol. The summed E-state index contributed by atoms with van der Waals surface area (Å²) in [5.74, 6) is -0.230. The average molecular weight is 273 g/mol. The molecule has 0 saturated heterocycles. The lowest BCUT2D eigenvalue weighted by molar-refractivity contribution is 0.0684. The molecular formula is C14H11NO5. The number of carboxylic acid groups (broad SMARTS) is 1. The van der Waals surface area contributed by atoms with Crippen molar-refractivity contribution in [3.05, 3.63) is 53.3 Å². The summed E-state index contributed by atoms with van der Waals surface area (Å²) < 4.78 is 10.6. The quantitative estimate of drug-likeness (QED) is 0.882. The number of aliphatic hydroxyl groups is 1. The van der Waals surface area contributed by atoms with Crippen molar-refractivity contribution in [1.82, 2.24) is 4.98 Å². The molecule has 6 nitrogen and oxygen atoms in total. The fraction of sp³-hybridized carbons (Fsp3) is 0.143. The molecule has 2 N–H and O–H groups in total. The predicted molar refractivity (Wildman–Crippen MR) is 67.8 cm³/mol. The third-order valence-electron chi connectivity index (χ3n) is 3.06. The zero-order valence-corrected chi connectivity index (χ0v) is 10.3. The van der Waals surface area contributed by atoms with Crippen LogP contribution >= 0.6 is 0 Å². The van der Waals surface area contributed by atoms with Crippen molar-refractivity contribution < 1.29 is 24.5 Å². The smallest absolute Gasteiger partial charge is 0.354 e. The summed E-state index contributed by atoms with van der Waals surface area (Å²) in [4.78, 5) is 14.9. The Kier molecular flexibility index (Phi) is 3.00. The van der Waals surface area contributed by atoms with Crippen LogP contribution in [0.2, 0.25) is 0 Å². The van der Waals surface area contributed by atoms with Crippen molar-refractivity contribution >= 4 is 5.97 Å². The Labute approximate surface area is 114 Å². The van der Waals surface area contributed by atoms with Gasteiger partial charge in [-0.3, -0.25) is 0 Å². The molecule has 0 radical (unpaired) electrons.